The summed E-state index contributed by atoms with van der Waals surface area (Å²) in [5.74, 6) is 1.56. The largest absolute Gasteiger partial charge is 0.493 e. The third kappa shape index (κ3) is 5.51. The molecule has 1 unspecified atom stereocenters. The van der Waals surface area contributed by atoms with Crippen LogP contribution in [0.3, 0.4) is 0 Å². The van der Waals surface area contributed by atoms with Crippen molar-refractivity contribution in [2.75, 3.05) is 35.1 Å². The van der Waals surface area contributed by atoms with Crippen LogP contribution in [0.2, 0.25) is 0 Å². The first-order chi connectivity index (χ1) is 13.9. The SMILES string of the molecule is CCC(CC)(Pc1c(C)cccc1CN(C)C)c1cccc(OC)c1OCOC. The van der Waals surface area contributed by atoms with E-state index in [1.165, 1.54) is 22.0 Å². The fourth-order valence-corrected chi connectivity index (χ4v) is 5.58. The standard InChI is InChI=1S/C24H36NO3P/c1-8-24(9-2,20-14-11-15-21(27-7)22(20)28-17-26-6)29-23-18(3)12-10-13-19(23)16-25(4)5/h10-15,29H,8-9,16-17H2,1-7H3. The highest BCUT2D eigenvalue weighted by Crippen LogP contribution is 2.52. The van der Waals surface area contributed by atoms with Crippen LogP contribution in [0.4, 0.5) is 0 Å². The van der Waals surface area contributed by atoms with Gasteiger partial charge in [-0.25, -0.2) is 0 Å². The van der Waals surface area contributed by atoms with Gasteiger partial charge in [0.05, 0.1) is 7.11 Å². The molecule has 0 aliphatic heterocycles. The van der Waals surface area contributed by atoms with Crippen molar-refractivity contribution in [3.05, 3.63) is 53.1 Å². The van der Waals surface area contributed by atoms with Crippen molar-refractivity contribution in [3.63, 3.8) is 0 Å². The molecule has 4 nitrogen and oxygen atoms in total. The molecule has 0 fully saturated rings. The second-order valence-corrected chi connectivity index (χ2v) is 9.36. The molecule has 5 heteroatoms. The fourth-order valence-electron chi connectivity index (χ4n) is 3.81. The minimum absolute atomic E-state index is 0.0230. The van der Waals surface area contributed by atoms with Crippen molar-refractivity contribution in [2.24, 2.45) is 0 Å². The summed E-state index contributed by atoms with van der Waals surface area (Å²) in [6.45, 7) is 7.93. The molecular formula is C24H36NO3P. The number of aryl methyl sites for hydroxylation is 1. The number of methoxy groups -OCH3 is 2. The molecule has 0 N–H and O–H groups in total. The van der Waals surface area contributed by atoms with Crippen molar-refractivity contribution in [1.82, 2.24) is 4.90 Å². The first-order valence-electron chi connectivity index (χ1n) is 10.2. The Labute approximate surface area is 178 Å². The average Bonchev–Trinajstić information content (AvgIpc) is 2.72. The van der Waals surface area contributed by atoms with Crippen molar-refractivity contribution < 1.29 is 14.2 Å². The Bertz CT molecular complexity index is 788. The number of benzene rings is 2. The van der Waals surface area contributed by atoms with Crippen LogP contribution in [0, 0.1) is 6.92 Å². The molecule has 0 aromatic heterocycles. The maximum Gasteiger partial charge on any atom is 0.188 e. The van der Waals surface area contributed by atoms with Crippen LogP contribution in [0.5, 0.6) is 11.5 Å². The average molecular weight is 418 g/mol. The Balaban J connectivity index is 2.60. The van der Waals surface area contributed by atoms with Gasteiger partial charge in [-0.3, -0.25) is 0 Å². The zero-order chi connectivity index (χ0) is 21.4. The Kier molecular flexibility index (Phi) is 8.95. The molecule has 0 amide bonds. The van der Waals surface area contributed by atoms with Gasteiger partial charge in [0, 0.05) is 24.4 Å². The van der Waals surface area contributed by atoms with Gasteiger partial charge in [0.25, 0.3) is 0 Å². The van der Waals surface area contributed by atoms with Crippen molar-refractivity contribution in [3.8, 4) is 11.5 Å². The number of rotatable bonds is 11. The van der Waals surface area contributed by atoms with Crippen LogP contribution >= 0.6 is 8.58 Å². The minimum Gasteiger partial charge on any atom is -0.493 e. The van der Waals surface area contributed by atoms with Crippen LogP contribution in [-0.2, 0) is 16.4 Å². The minimum atomic E-state index is -0.0230. The lowest BCUT2D eigenvalue weighted by Crippen LogP contribution is -2.26. The zero-order valence-corrected chi connectivity index (χ0v) is 20.0. The predicted molar refractivity (Wildman–Crippen MR) is 124 cm³/mol. The van der Waals surface area contributed by atoms with Crippen molar-refractivity contribution >= 4 is 13.9 Å². The van der Waals surface area contributed by atoms with Gasteiger partial charge in [-0.1, -0.05) is 52.8 Å². The normalized spacial score (nSPS) is 12.1. The molecule has 2 rings (SSSR count). The number of para-hydroxylation sites is 1. The number of hydrogen-bond donors (Lipinski definition) is 0. The van der Waals surface area contributed by atoms with Crippen molar-refractivity contribution in [2.45, 2.75) is 45.3 Å². The molecule has 29 heavy (non-hydrogen) atoms. The van der Waals surface area contributed by atoms with E-state index in [1.807, 2.05) is 6.07 Å². The summed E-state index contributed by atoms with van der Waals surface area (Å²) >= 11 is 0. The lowest BCUT2D eigenvalue weighted by atomic mass is 9.91. The van der Waals surface area contributed by atoms with Gasteiger partial charge in [-0.05, 0) is 56.4 Å². The van der Waals surface area contributed by atoms with Gasteiger partial charge in [-0.2, -0.15) is 0 Å². The summed E-state index contributed by atoms with van der Waals surface area (Å²) in [7, 11) is 8.22. The summed E-state index contributed by atoms with van der Waals surface area (Å²) in [6, 6.07) is 12.9. The molecule has 0 heterocycles. The maximum absolute atomic E-state index is 6.03. The van der Waals surface area contributed by atoms with Crippen LogP contribution < -0.4 is 14.8 Å². The summed E-state index contributed by atoms with van der Waals surface area (Å²) < 4.78 is 16.9. The molecule has 1 atom stereocenters. The van der Waals surface area contributed by atoms with E-state index in [1.54, 1.807) is 14.2 Å². The first kappa shape index (κ1) is 23.7. The number of hydrogen-bond acceptors (Lipinski definition) is 4. The third-order valence-corrected chi connectivity index (χ3v) is 7.87. The molecular weight excluding hydrogens is 381 g/mol. The van der Waals surface area contributed by atoms with E-state index >= 15 is 0 Å². The van der Waals surface area contributed by atoms with E-state index in [9.17, 15) is 0 Å². The molecule has 0 bridgehead atoms. The Morgan fingerprint density at radius 2 is 1.69 bits per heavy atom. The van der Waals surface area contributed by atoms with Gasteiger partial charge in [0.2, 0.25) is 0 Å². The van der Waals surface area contributed by atoms with E-state index in [-0.39, 0.29) is 11.9 Å². The molecule has 0 aliphatic carbocycles. The van der Waals surface area contributed by atoms with Crippen LogP contribution in [0.1, 0.15) is 43.4 Å². The number of nitrogens with zero attached hydrogens (tertiary/aromatic N) is 1. The highest BCUT2D eigenvalue weighted by molar-refractivity contribution is 7.48. The van der Waals surface area contributed by atoms with Gasteiger partial charge in [-0.15, -0.1) is 0 Å². The molecule has 160 valence electrons. The lowest BCUT2D eigenvalue weighted by molar-refractivity contribution is 0.0479. The number of ether oxygens (including phenoxy) is 3. The molecule has 0 spiro atoms. The van der Waals surface area contributed by atoms with Crippen molar-refractivity contribution in [1.29, 1.82) is 0 Å². The Morgan fingerprint density at radius 3 is 2.28 bits per heavy atom. The van der Waals surface area contributed by atoms with Gasteiger partial charge < -0.3 is 19.1 Å². The first-order valence-corrected chi connectivity index (χ1v) is 11.2. The summed E-state index contributed by atoms with van der Waals surface area (Å²) in [6.07, 6.45) is 2.04. The summed E-state index contributed by atoms with van der Waals surface area (Å²) in [4.78, 5) is 2.24. The molecule has 0 radical (unpaired) electrons. The van der Waals surface area contributed by atoms with Gasteiger partial charge in [0.15, 0.2) is 18.3 Å². The van der Waals surface area contributed by atoms with E-state index in [4.69, 9.17) is 14.2 Å². The molecule has 0 saturated heterocycles. The molecule has 2 aromatic rings. The van der Waals surface area contributed by atoms with E-state index in [2.05, 4.69) is 70.1 Å². The van der Waals surface area contributed by atoms with Crippen LogP contribution in [0.25, 0.3) is 0 Å². The fraction of sp³-hybridized carbons (Fsp3) is 0.500. The van der Waals surface area contributed by atoms with Gasteiger partial charge >= 0.3 is 0 Å². The van der Waals surface area contributed by atoms with E-state index in [0.29, 0.717) is 8.58 Å². The van der Waals surface area contributed by atoms with E-state index < -0.39 is 0 Å². The quantitative estimate of drug-likeness (QED) is 0.377. The van der Waals surface area contributed by atoms with Crippen LogP contribution in [0.15, 0.2) is 36.4 Å². The van der Waals surface area contributed by atoms with E-state index in [0.717, 1.165) is 30.9 Å². The Morgan fingerprint density at radius 1 is 1.00 bits per heavy atom. The predicted octanol–water partition coefficient (Wildman–Crippen LogP) is 5.07. The highest BCUT2D eigenvalue weighted by atomic mass is 31.1. The smallest absolute Gasteiger partial charge is 0.188 e. The molecule has 0 saturated carbocycles. The monoisotopic (exact) mass is 417 g/mol. The second kappa shape index (κ2) is 11.0. The molecule has 0 aliphatic rings. The maximum atomic E-state index is 6.03. The van der Waals surface area contributed by atoms with Gasteiger partial charge in [0.1, 0.15) is 0 Å². The topological polar surface area (TPSA) is 30.9 Å². The third-order valence-electron chi connectivity index (χ3n) is 5.45. The highest BCUT2D eigenvalue weighted by Gasteiger charge is 2.34. The summed E-state index contributed by atoms with van der Waals surface area (Å²) in [5.41, 5.74) is 3.97. The van der Waals surface area contributed by atoms with Crippen LogP contribution in [-0.4, -0.2) is 40.0 Å². The molecule has 2 aromatic carbocycles. The Hall–Kier alpha value is -1.61. The summed E-state index contributed by atoms with van der Waals surface area (Å²) in [5, 5.41) is 1.44. The zero-order valence-electron chi connectivity index (χ0n) is 19.0. The lowest BCUT2D eigenvalue weighted by Gasteiger charge is -2.36. The second-order valence-electron chi connectivity index (χ2n) is 7.65.